The Balaban J connectivity index is 4.00. The van der Waals surface area contributed by atoms with E-state index in [2.05, 4.69) is 11.7 Å². The molecule has 10 heteroatoms. The third-order valence-electron chi connectivity index (χ3n) is 7.23. The van der Waals surface area contributed by atoms with Crippen molar-refractivity contribution in [3.8, 4) is 0 Å². The predicted octanol–water partition coefficient (Wildman–Crippen LogP) is 7.20. The van der Waals surface area contributed by atoms with E-state index in [4.69, 9.17) is 18.5 Å². The van der Waals surface area contributed by atoms with Crippen molar-refractivity contribution >= 4 is 13.8 Å². The third-order valence-corrected chi connectivity index (χ3v) is 8.20. The van der Waals surface area contributed by atoms with Crippen LogP contribution < -0.4 is 4.89 Å². The van der Waals surface area contributed by atoms with E-state index in [1.807, 2.05) is 21.1 Å². The van der Waals surface area contributed by atoms with E-state index >= 15 is 0 Å². The van der Waals surface area contributed by atoms with Crippen LogP contribution in [-0.2, 0) is 32.6 Å². The maximum Gasteiger partial charge on any atom is 0.305 e. The molecule has 0 spiro atoms. The van der Waals surface area contributed by atoms with Gasteiger partial charge in [0.1, 0.15) is 19.3 Å². The first-order valence-corrected chi connectivity index (χ1v) is 18.2. The lowest BCUT2D eigenvalue weighted by atomic mass is 10.0. The Kier molecular flexibility index (Phi) is 27.6. The molecule has 0 aliphatic carbocycles. The lowest BCUT2D eigenvalue weighted by Gasteiger charge is -2.28. The summed E-state index contributed by atoms with van der Waals surface area (Å²) in [5.41, 5.74) is 0. The van der Waals surface area contributed by atoms with Gasteiger partial charge in [-0.15, -0.1) is 0 Å². The van der Waals surface area contributed by atoms with Crippen LogP contribution in [0.5, 0.6) is 0 Å². The Hall–Kier alpha value is -0.540. The number of nitrogens with zero attached hydrogens (tertiary/aromatic N) is 1. The molecule has 0 aromatic rings. The fourth-order valence-corrected chi connectivity index (χ4v) is 5.20. The van der Waals surface area contributed by atoms with Gasteiger partial charge in [0, 0.05) is 19.6 Å². The molecule has 0 bridgehead atoms. The number of esters is 1. The summed E-state index contributed by atoms with van der Waals surface area (Å²) in [5, 5.41) is 0. The highest BCUT2D eigenvalue weighted by molar-refractivity contribution is 7.45. The largest absolute Gasteiger partial charge is 0.756 e. The highest BCUT2D eigenvalue weighted by Gasteiger charge is 2.18. The lowest BCUT2D eigenvalue weighted by Crippen LogP contribution is -2.37. The molecule has 9 nitrogen and oxygen atoms in total. The molecule has 0 aromatic heterocycles. The van der Waals surface area contributed by atoms with Gasteiger partial charge in [-0.25, -0.2) is 0 Å². The normalized spacial score (nSPS) is 14.1. The highest BCUT2D eigenvalue weighted by Crippen LogP contribution is 2.38. The van der Waals surface area contributed by atoms with Crippen LogP contribution in [0.15, 0.2) is 0 Å². The lowest BCUT2D eigenvalue weighted by molar-refractivity contribution is -0.870. The molecule has 0 aliphatic heterocycles. The summed E-state index contributed by atoms with van der Waals surface area (Å²) in [5.74, 6) is -0.254. The minimum atomic E-state index is -4.43. The number of carbonyl (C=O) groups excluding carboxylic acids is 1. The fourth-order valence-electron chi connectivity index (χ4n) is 4.47. The van der Waals surface area contributed by atoms with Gasteiger partial charge in [0.2, 0.25) is 0 Å². The first-order valence-electron chi connectivity index (χ1n) is 16.8. The topological polar surface area (TPSA) is 103 Å². The molecule has 0 aliphatic rings. The average Bonchev–Trinajstić information content (AvgIpc) is 2.93. The summed E-state index contributed by atoms with van der Waals surface area (Å²) in [4.78, 5) is 23.5. The van der Waals surface area contributed by atoms with Crippen LogP contribution in [0.25, 0.3) is 0 Å². The first kappa shape index (κ1) is 41.5. The fraction of sp³-hybridized carbons (Fsp3) is 0.969. The van der Waals surface area contributed by atoms with Crippen LogP contribution in [0.2, 0.25) is 0 Å². The molecule has 0 radical (unpaired) electrons. The Morgan fingerprint density at radius 1 is 0.690 bits per heavy atom. The number of hydrogen-bond donors (Lipinski definition) is 0. The summed E-state index contributed by atoms with van der Waals surface area (Å²) in [6.45, 7) is 3.92. The van der Waals surface area contributed by atoms with Crippen LogP contribution in [0, 0.1) is 0 Å². The van der Waals surface area contributed by atoms with Gasteiger partial charge in [-0.1, -0.05) is 103 Å². The first-order chi connectivity index (χ1) is 20.1. The van der Waals surface area contributed by atoms with Crippen molar-refractivity contribution in [2.45, 2.75) is 135 Å². The van der Waals surface area contributed by atoms with Crippen LogP contribution >= 0.6 is 7.82 Å². The zero-order chi connectivity index (χ0) is 31.4. The number of likely N-dealkylation sites (N-methyl/N-ethyl adjacent to an activating group) is 1. The van der Waals surface area contributed by atoms with Crippen molar-refractivity contribution in [3.63, 3.8) is 0 Å². The number of hydrogen-bond acceptors (Lipinski definition) is 8. The average molecular weight is 624 g/mol. The molecule has 0 rings (SSSR count). The van der Waals surface area contributed by atoms with Crippen molar-refractivity contribution in [3.05, 3.63) is 0 Å². The molecule has 0 saturated carbocycles. The van der Waals surface area contributed by atoms with E-state index in [0.29, 0.717) is 43.5 Å². The van der Waals surface area contributed by atoms with E-state index in [1.54, 1.807) is 0 Å². The summed E-state index contributed by atoms with van der Waals surface area (Å²) < 4.78 is 39.1. The second-order valence-electron chi connectivity index (χ2n) is 12.5. The predicted molar refractivity (Wildman–Crippen MR) is 168 cm³/mol. The number of rotatable bonds is 32. The molecule has 0 fully saturated rings. The molecule has 0 N–H and O–H groups in total. The SMILES string of the molecule is CCCCCCCCCCCCCCCCCCOC[C@H](COP(=O)([O-])OCC[N+](C)(C)C)OCCCCC(=O)OC. The van der Waals surface area contributed by atoms with Crippen molar-refractivity contribution in [2.75, 3.05) is 67.8 Å². The second-order valence-corrected chi connectivity index (χ2v) is 13.9. The van der Waals surface area contributed by atoms with Crippen LogP contribution in [0.1, 0.15) is 129 Å². The maximum absolute atomic E-state index is 12.2. The number of carbonyl (C=O) groups is 1. The summed E-state index contributed by atoms with van der Waals surface area (Å²) >= 11 is 0. The van der Waals surface area contributed by atoms with Gasteiger partial charge in [0.05, 0.1) is 41.5 Å². The van der Waals surface area contributed by atoms with Gasteiger partial charge < -0.3 is 32.6 Å². The van der Waals surface area contributed by atoms with Gasteiger partial charge in [-0.2, -0.15) is 0 Å². The Labute approximate surface area is 258 Å². The number of phosphoric ester groups is 1. The Morgan fingerprint density at radius 2 is 1.19 bits per heavy atom. The quantitative estimate of drug-likeness (QED) is 0.0335. The van der Waals surface area contributed by atoms with Gasteiger partial charge in [0.25, 0.3) is 7.82 Å². The molecule has 0 aromatic carbocycles. The minimum absolute atomic E-state index is 0.0546. The standard InChI is InChI=1S/C32H66NO8P/c1-6-7-8-9-10-11-12-13-14-15-16-17-18-19-20-22-26-38-29-31(39-27-23-21-24-32(34)37-5)30-41-42(35,36)40-28-25-33(2,3)4/h31H,6-30H2,1-5H3/t31-/m1/s1. The van der Waals surface area contributed by atoms with Gasteiger partial charge in [0.15, 0.2) is 0 Å². The van der Waals surface area contributed by atoms with Crippen molar-refractivity contribution < 1.29 is 42.0 Å². The van der Waals surface area contributed by atoms with E-state index in [0.717, 1.165) is 12.8 Å². The third kappa shape index (κ3) is 30.9. The molecular formula is C32H66NO8P. The molecule has 1 unspecified atom stereocenters. The zero-order valence-electron chi connectivity index (χ0n) is 27.9. The van der Waals surface area contributed by atoms with E-state index < -0.39 is 13.9 Å². The van der Waals surface area contributed by atoms with Crippen molar-refractivity contribution in [1.82, 2.24) is 0 Å². The molecule has 0 amide bonds. The van der Waals surface area contributed by atoms with E-state index in [-0.39, 0.29) is 25.8 Å². The van der Waals surface area contributed by atoms with Gasteiger partial charge >= 0.3 is 5.97 Å². The number of quaternary nitrogens is 1. The summed E-state index contributed by atoms with van der Waals surface area (Å²) in [6, 6.07) is 0. The number of phosphoric acid groups is 1. The molecule has 252 valence electrons. The van der Waals surface area contributed by atoms with Crippen LogP contribution in [0.3, 0.4) is 0 Å². The van der Waals surface area contributed by atoms with Crippen LogP contribution in [-0.4, -0.2) is 84.4 Å². The summed E-state index contributed by atoms with van der Waals surface area (Å²) in [7, 11) is 2.82. The molecule has 2 atom stereocenters. The molecule has 42 heavy (non-hydrogen) atoms. The second kappa shape index (κ2) is 28.0. The van der Waals surface area contributed by atoms with E-state index in [1.165, 1.54) is 97.0 Å². The maximum atomic E-state index is 12.2. The summed E-state index contributed by atoms with van der Waals surface area (Å²) in [6.07, 6.45) is 22.2. The van der Waals surface area contributed by atoms with Gasteiger partial charge in [-0.3, -0.25) is 9.36 Å². The Morgan fingerprint density at radius 3 is 1.69 bits per heavy atom. The minimum Gasteiger partial charge on any atom is -0.756 e. The Bertz CT molecular complexity index is 659. The van der Waals surface area contributed by atoms with Crippen molar-refractivity contribution in [2.24, 2.45) is 0 Å². The molecular weight excluding hydrogens is 557 g/mol. The van der Waals surface area contributed by atoms with Crippen molar-refractivity contribution in [1.29, 1.82) is 0 Å². The molecule has 0 heterocycles. The smallest absolute Gasteiger partial charge is 0.305 e. The highest BCUT2D eigenvalue weighted by atomic mass is 31.2. The number of methoxy groups -OCH3 is 1. The van der Waals surface area contributed by atoms with Gasteiger partial charge in [-0.05, 0) is 19.3 Å². The number of ether oxygens (including phenoxy) is 3. The number of unbranched alkanes of at least 4 members (excludes halogenated alkanes) is 16. The zero-order valence-corrected chi connectivity index (χ0v) is 28.8. The van der Waals surface area contributed by atoms with E-state index in [9.17, 15) is 14.3 Å². The molecule has 0 saturated heterocycles. The van der Waals surface area contributed by atoms with Crippen LogP contribution in [0.4, 0.5) is 0 Å². The monoisotopic (exact) mass is 623 g/mol.